The summed E-state index contributed by atoms with van der Waals surface area (Å²) in [5.74, 6) is 0.298. The lowest BCUT2D eigenvalue weighted by atomic mass is 9.78. The van der Waals surface area contributed by atoms with Crippen LogP contribution in [0, 0.1) is 16.7 Å². The topological polar surface area (TPSA) is 149 Å². The molecule has 0 aromatic carbocycles. The van der Waals surface area contributed by atoms with Gasteiger partial charge in [-0.05, 0) is 18.3 Å². The second-order valence-corrected chi connectivity index (χ2v) is 6.87. The summed E-state index contributed by atoms with van der Waals surface area (Å²) in [6, 6.07) is 0. The Morgan fingerprint density at radius 3 is 2.39 bits per heavy atom. The van der Waals surface area contributed by atoms with Crippen LogP contribution in [0.4, 0.5) is 4.79 Å². The number of nitrogens with zero attached hydrogens (tertiary/aromatic N) is 1. The highest BCUT2D eigenvalue weighted by Crippen LogP contribution is 2.33. The summed E-state index contributed by atoms with van der Waals surface area (Å²) < 4.78 is 28.4. The Balaban J connectivity index is 0.00000108. The van der Waals surface area contributed by atoms with Gasteiger partial charge in [0.1, 0.15) is 6.10 Å². The number of nitrogens with two attached hydrogens (primary N) is 1. The van der Waals surface area contributed by atoms with Gasteiger partial charge in [-0.3, -0.25) is 14.5 Å². The molecular formula is C13H28N4O5S. The van der Waals surface area contributed by atoms with Crippen molar-refractivity contribution in [3.63, 3.8) is 0 Å². The van der Waals surface area contributed by atoms with Gasteiger partial charge in [0.25, 0.3) is 11.4 Å². The number of guanidine groups is 1. The van der Waals surface area contributed by atoms with E-state index in [1.54, 1.807) is 7.05 Å². The molecule has 0 spiro atoms. The number of amides is 1. The van der Waals surface area contributed by atoms with Crippen molar-refractivity contribution in [1.82, 2.24) is 10.2 Å². The van der Waals surface area contributed by atoms with Gasteiger partial charge in [0.15, 0.2) is 5.96 Å². The van der Waals surface area contributed by atoms with Crippen LogP contribution in [0.15, 0.2) is 0 Å². The Kier molecular flexibility index (Phi) is 9.10. The summed E-state index contributed by atoms with van der Waals surface area (Å²) >= 11 is -2.61. The molecule has 1 heterocycles. The SMILES string of the molecule is CNC(=O)OC(C1CCCN(C(=N)N)C1)C(C)(C)C.O=S(O)O. The molecule has 9 nitrogen and oxygen atoms in total. The molecule has 0 aliphatic carbocycles. The first kappa shape index (κ1) is 21.6. The van der Waals surface area contributed by atoms with E-state index in [1.165, 1.54) is 0 Å². The van der Waals surface area contributed by atoms with Crippen LogP contribution in [0.25, 0.3) is 0 Å². The quantitative estimate of drug-likeness (QED) is 0.283. The summed E-state index contributed by atoms with van der Waals surface area (Å²) in [4.78, 5) is 13.4. The van der Waals surface area contributed by atoms with Crippen LogP contribution in [0.1, 0.15) is 33.6 Å². The fraction of sp³-hybridized carbons (Fsp3) is 0.846. The van der Waals surface area contributed by atoms with Crippen LogP contribution < -0.4 is 11.1 Å². The van der Waals surface area contributed by atoms with E-state index in [0.29, 0.717) is 6.54 Å². The van der Waals surface area contributed by atoms with E-state index < -0.39 is 17.5 Å². The smallest absolute Gasteiger partial charge is 0.407 e. The highest BCUT2D eigenvalue weighted by atomic mass is 32.2. The van der Waals surface area contributed by atoms with Crippen molar-refractivity contribution in [1.29, 1.82) is 5.41 Å². The van der Waals surface area contributed by atoms with Crippen molar-refractivity contribution >= 4 is 23.4 Å². The van der Waals surface area contributed by atoms with Gasteiger partial charge in [-0.15, -0.1) is 0 Å². The summed E-state index contributed by atoms with van der Waals surface area (Å²) in [6.45, 7) is 7.67. The molecule has 2 atom stereocenters. The first-order valence-corrected chi connectivity index (χ1v) is 8.32. The molecule has 0 aromatic heterocycles. The first-order chi connectivity index (χ1) is 10.5. The van der Waals surface area contributed by atoms with E-state index in [9.17, 15) is 4.79 Å². The van der Waals surface area contributed by atoms with E-state index in [0.717, 1.165) is 19.4 Å². The minimum atomic E-state index is -2.61. The van der Waals surface area contributed by atoms with Crippen LogP contribution >= 0.6 is 0 Å². The van der Waals surface area contributed by atoms with Crippen molar-refractivity contribution in [3.05, 3.63) is 0 Å². The third-order valence-corrected chi connectivity index (χ3v) is 3.52. The van der Waals surface area contributed by atoms with Gasteiger partial charge in [-0.2, -0.15) is 4.21 Å². The molecule has 1 rings (SSSR count). The third-order valence-electron chi connectivity index (χ3n) is 3.52. The molecule has 1 amide bonds. The minimum Gasteiger partial charge on any atom is -0.445 e. The summed E-state index contributed by atoms with van der Waals surface area (Å²) in [5.41, 5.74) is 5.41. The average molecular weight is 352 g/mol. The number of carbonyl (C=O) groups is 1. The van der Waals surface area contributed by atoms with Crippen LogP contribution in [-0.2, 0) is 16.1 Å². The first-order valence-electron chi connectivity index (χ1n) is 7.26. The third kappa shape index (κ3) is 8.72. The van der Waals surface area contributed by atoms with Crippen molar-refractivity contribution < 1.29 is 22.8 Å². The summed E-state index contributed by atoms with van der Waals surface area (Å²) in [7, 11) is 1.56. The monoisotopic (exact) mass is 352 g/mol. The molecule has 23 heavy (non-hydrogen) atoms. The van der Waals surface area contributed by atoms with Gasteiger partial charge in [0.05, 0.1) is 0 Å². The predicted molar refractivity (Wildman–Crippen MR) is 88.4 cm³/mol. The number of nitrogens with one attached hydrogen (secondary N) is 2. The number of rotatable bonds is 2. The van der Waals surface area contributed by atoms with Crippen molar-refractivity contribution in [2.45, 2.75) is 39.7 Å². The standard InChI is InChI=1S/C13H26N4O2.H2O3S/c1-13(2,3)10(19-12(18)16-4)9-6-5-7-17(8-9)11(14)15;1-4(2)3/h9-10H,5-8H2,1-4H3,(H3,14,15)(H,16,18);(H2,1,2,3). The average Bonchev–Trinajstić information content (AvgIpc) is 2.42. The number of hydrogen-bond acceptors (Lipinski definition) is 4. The zero-order valence-corrected chi connectivity index (χ0v) is 14.9. The Labute approximate surface area is 139 Å². The van der Waals surface area contributed by atoms with Crippen LogP contribution in [0.2, 0.25) is 0 Å². The molecule has 0 radical (unpaired) electrons. The number of carbonyl (C=O) groups excluding carboxylic acids is 1. The van der Waals surface area contributed by atoms with E-state index in [-0.39, 0.29) is 23.4 Å². The lowest BCUT2D eigenvalue weighted by Crippen LogP contribution is -2.50. The molecule has 0 bridgehead atoms. The van der Waals surface area contributed by atoms with Crippen LogP contribution in [-0.4, -0.2) is 56.5 Å². The summed E-state index contributed by atoms with van der Waals surface area (Å²) in [6.07, 6.45) is 1.37. The van der Waals surface area contributed by atoms with Gasteiger partial charge < -0.3 is 20.7 Å². The zero-order chi connectivity index (χ0) is 18.2. The van der Waals surface area contributed by atoms with Gasteiger partial charge in [-0.25, -0.2) is 4.79 Å². The van der Waals surface area contributed by atoms with E-state index >= 15 is 0 Å². The van der Waals surface area contributed by atoms with E-state index in [2.05, 4.69) is 26.1 Å². The molecule has 6 N–H and O–H groups in total. The van der Waals surface area contributed by atoms with Gasteiger partial charge in [-0.1, -0.05) is 20.8 Å². The molecule has 1 fully saturated rings. The lowest BCUT2D eigenvalue weighted by Gasteiger charge is -2.41. The number of alkyl carbamates (subject to hydrolysis) is 1. The molecule has 1 saturated heterocycles. The minimum absolute atomic E-state index is 0.0947. The Bertz CT molecular complexity index is 423. The fourth-order valence-electron chi connectivity index (χ4n) is 2.63. The van der Waals surface area contributed by atoms with E-state index in [4.69, 9.17) is 29.2 Å². The molecular weight excluding hydrogens is 324 g/mol. The Morgan fingerprint density at radius 1 is 1.48 bits per heavy atom. The van der Waals surface area contributed by atoms with Crippen molar-refractivity contribution in [3.8, 4) is 0 Å². The number of likely N-dealkylation sites (tertiary alicyclic amines) is 1. The molecule has 10 heteroatoms. The summed E-state index contributed by atoms with van der Waals surface area (Å²) in [5, 5.41) is 10.0. The molecule has 2 unspecified atom stereocenters. The second kappa shape index (κ2) is 9.68. The normalized spacial score (nSPS) is 19.4. The highest BCUT2D eigenvalue weighted by molar-refractivity contribution is 7.73. The van der Waals surface area contributed by atoms with Crippen LogP contribution in [0.5, 0.6) is 0 Å². The van der Waals surface area contributed by atoms with Crippen LogP contribution in [0.3, 0.4) is 0 Å². The fourth-order valence-corrected chi connectivity index (χ4v) is 2.63. The van der Waals surface area contributed by atoms with Gasteiger partial charge >= 0.3 is 6.09 Å². The van der Waals surface area contributed by atoms with Gasteiger partial charge in [0.2, 0.25) is 0 Å². The molecule has 0 aromatic rings. The number of ether oxygens (including phenoxy) is 1. The van der Waals surface area contributed by atoms with Gasteiger partial charge in [0, 0.05) is 26.1 Å². The maximum absolute atomic E-state index is 11.5. The maximum Gasteiger partial charge on any atom is 0.407 e. The largest absolute Gasteiger partial charge is 0.445 e. The second-order valence-electron chi connectivity index (χ2n) is 6.41. The maximum atomic E-state index is 11.5. The lowest BCUT2D eigenvalue weighted by molar-refractivity contribution is -0.0230. The number of hydrogen-bond donors (Lipinski definition) is 5. The number of piperidine rings is 1. The molecule has 136 valence electrons. The van der Waals surface area contributed by atoms with Crippen molar-refractivity contribution in [2.75, 3.05) is 20.1 Å². The zero-order valence-electron chi connectivity index (χ0n) is 14.0. The highest BCUT2D eigenvalue weighted by Gasteiger charge is 2.38. The molecule has 0 saturated carbocycles. The Morgan fingerprint density at radius 2 is 2.00 bits per heavy atom. The van der Waals surface area contributed by atoms with Crippen molar-refractivity contribution in [2.24, 2.45) is 17.1 Å². The predicted octanol–water partition coefficient (Wildman–Crippen LogP) is 1.04. The Hall–Kier alpha value is -1.39. The van der Waals surface area contributed by atoms with E-state index in [1.807, 2.05) is 4.90 Å². The molecule has 1 aliphatic rings. The molecule has 1 aliphatic heterocycles.